The molecule has 2 aromatic carbocycles. The van der Waals surface area contributed by atoms with E-state index in [1.165, 1.54) is 10.9 Å². The molecule has 0 atom stereocenters. The normalized spacial score (nSPS) is 11.0. The number of aromatic nitrogens is 3. The minimum atomic E-state index is -0.130. The van der Waals surface area contributed by atoms with Gasteiger partial charge in [0.25, 0.3) is 5.56 Å². The molecule has 0 fully saturated rings. The number of rotatable bonds is 8. The van der Waals surface area contributed by atoms with E-state index in [2.05, 4.69) is 10.3 Å². The molecule has 4 aromatic rings. The summed E-state index contributed by atoms with van der Waals surface area (Å²) < 4.78 is 8.95. The Morgan fingerprint density at radius 2 is 1.79 bits per heavy atom. The number of hydrogen-bond donors (Lipinski definition) is 1. The van der Waals surface area contributed by atoms with Gasteiger partial charge in [0.1, 0.15) is 5.75 Å². The predicted octanol–water partition coefficient (Wildman–Crippen LogP) is 3.91. The lowest BCUT2D eigenvalue weighted by Gasteiger charge is -2.09. The van der Waals surface area contributed by atoms with Gasteiger partial charge in [-0.15, -0.1) is 0 Å². The SMILES string of the molecule is CCOc1ccc(CNC(=O)CCn2cnc3c(c(C)c(C)n3-c3ccccc3)c2=O)cc1. The van der Waals surface area contributed by atoms with Gasteiger partial charge >= 0.3 is 0 Å². The van der Waals surface area contributed by atoms with Crippen molar-refractivity contribution in [1.82, 2.24) is 19.4 Å². The molecule has 0 bridgehead atoms. The lowest BCUT2D eigenvalue weighted by Crippen LogP contribution is -2.27. The minimum Gasteiger partial charge on any atom is -0.494 e. The van der Waals surface area contributed by atoms with Gasteiger partial charge in [0.05, 0.1) is 18.3 Å². The zero-order chi connectivity index (χ0) is 23.4. The van der Waals surface area contributed by atoms with Crippen LogP contribution in [0.15, 0.2) is 65.7 Å². The Kier molecular flexibility index (Phi) is 6.58. The Bertz CT molecular complexity index is 1320. The molecule has 0 aliphatic rings. The Morgan fingerprint density at radius 1 is 1.06 bits per heavy atom. The highest BCUT2D eigenvalue weighted by Gasteiger charge is 2.18. The van der Waals surface area contributed by atoms with Gasteiger partial charge in [0.2, 0.25) is 5.91 Å². The third-order valence-electron chi connectivity index (χ3n) is 5.80. The number of nitrogens with zero attached hydrogens (tertiary/aromatic N) is 3. The largest absolute Gasteiger partial charge is 0.494 e. The van der Waals surface area contributed by atoms with Crippen molar-refractivity contribution in [2.45, 2.75) is 40.3 Å². The minimum absolute atomic E-state index is 0.120. The van der Waals surface area contributed by atoms with E-state index in [4.69, 9.17) is 4.74 Å². The van der Waals surface area contributed by atoms with Crippen LogP contribution in [0.1, 0.15) is 30.2 Å². The van der Waals surface area contributed by atoms with E-state index < -0.39 is 0 Å². The van der Waals surface area contributed by atoms with Crippen LogP contribution in [-0.2, 0) is 17.9 Å². The first-order chi connectivity index (χ1) is 16.0. The number of ether oxygens (including phenoxy) is 1. The number of amides is 1. The maximum Gasteiger partial charge on any atom is 0.263 e. The van der Waals surface area contributed by atoms with Crippen LogP contribution in [0.2, 0.25) is 0 Å². The zero-order valence-corrected chi connectivity index (χ0v) is 19.2. The predicted molar refractivity (Wildman–Crippen MR) is 129 cm³/mol. The maximum atomic E-state index is 13.2. The molecule has 2 heterocycles. The Hall–Kier alpha value is -3.87. The highest BCUT2D eigenvalue weighted by molar-refractivity contribution is 5.83. The van der Waals surface area contributed by atoms with Gasteiger partial charge < -0.3 is 10.1 Å². The molecule has 0 spiro atoms. The van der Waals surface area contributed by atoms with Crippen LogP contribution in [0, 0.1) is 13.8 Å². The monoisotopic (exact) mass is 444 g/mol. The second-order valence-electron chi connectivity index (χ2n) is 7.93. The Morgan fingerprint density at radius 3 is 2.48 bits per heavy atom. The number of nitrogens with one attached hydrogen (secondary N) is 1. The summed E-state index contributed by atoms with van der Waals surface area (Å²) in [6.45, 7) is 7.18. The lowest BCUT2D eigenvalue weighted by atomic mass is 10.2. The van der Waals surface area contributed by atoms with Crippen molar-refractivity contribution in [1.29, 1.82) is 0 Å². The van der Waals surface area contributed by atoms with Gasteiger partial charge in [-0.3, -0.25) is 18.7 Å². The molecular formula is C26H28N4O3. The summed E-state index contributed by atoms with van der Waals surface area (Å²) in [7, 11) is 0. The number of benzene rings is 2. The van der Waals surface area contributed by atoms with E-state index in [0.717, 1.165) is 28.3 Å². The number of carbonyl (C=O) groups excluding carboxylic acids is 1. The maximum absolute atomic E-state index is 13.2. The highest BCUT2D eigenvalue weighted by Crippen LogP contribution is 2.24. The first kappa shape index (κ1) is 22.3. The van der Waals surface area contributed by atoms with Gasteiger partial charge in [-0.1, -0.05) is 30.3 Å². The van der Waals surface area contributed by atoms with Crippen molar-refractivity contribution in [2.75, 3.05) is 6.61 Å². The number of hydrogen-bond acceptors (Lipinski definition) is 4. The van der Waals surface area contributed by atoms with Gasteiger partial charge in [0.15, 0.2) is 5.65 Å². The molecule has 0 radical (unpaired) electrons. The average molecular weight is 445 g/mol. The number of carbonyl (C=O) groups is 1. The van der Waals surface area contributed by atoms with Crippen molar-refractivity contribution in [2.24, 2.45) is 0 Å². The standard InChI is InChI=1S/C26H28N4O3/c1-4-33-22-12-10-20(11-13-22)16-27-23(31)14-15-29-17-28-25-24(26(29)32)18(2)19(3)30(25)21-8-6-5-7-9-21/h5-13,17H,4,14-16H2,1-3H3,(H,27,31). The molecule has 7 nitrogen and oxygen atoms in total. The molecule has 33 heavy (non-hydrogen) atoms. The summed E-state index contributed by atoms with van der Waals surface area (Å²) in [4.78, 5) is 30.1. The van der Waals surface area contributed by atoms with E-state index in [9.17, 15) is 9.59 Å². The second kappa shape index (κ2) is 9.73. The molecule has 2 aromatic heterocycles. The van der Waals surface area contributed by atoms with Crippen LogP contribution in [0.5, 0.6) is 5.75 Å². The molecule has 1 N–H and O–H groups in total. The van der Waals surface area contributed by atoms with E-state index in [-0.39, 0.29) is 24.4 Å². The third kappa shape index (κ3) is 4.67. The quantitative estimate of drug-likeness (QED) is 0.447. The summed E-state index contributed by atoms with van der Waals surface area (Å²) >= 11 is 0. The average Bonchev–Trinajstić information content (AvgIpc) is 3.09. The molecular weight excluding hydrogens is 416 g/mol. The van der Waals surface area contributed by atoms with Crippen LogP contribution in [0.25, 0.3) is 16.7 Å². The fraction of sp³-hybridized carbons (Fsp3) is 0.269. The van der Waals surface area contributed by atoms with Gasteiger partial charge in [-0.05, 0) is 56.2 Å². The molecule has 0 aliphatic heterocycles. The van der Waals surface area contributed by atoms with Crippen LogP contribution in [0.3, 0.4) is 0 Å². The van der Waals surface area contributed by atoms with Gasteiger partial charge in [-0.2, -0.15) is 0 Å². The molecule has 4 rings (SSSR count). The lowest BCUT2D eigenvalue weighted by molar-refractivity contribution is -0.121. The molecule has 170 valence electrons. The molecule has 0 saturated carbocycles. The van der Waals surface area contributed by atoms with E-state index >= 15 is 0 Å². The van der Waals surface area contributed by atoms with Crippen molar-refractivity contribution < 1.29 is 9.53 Å². The smallest absolute Gasteiger partial charge is 0.263 e. The summed E-state index contributed by atoms with van der Waals surface area (Å²) in [5.41, 5.74) is 4.34. The third-order valence-corrected chi connectivity index (χ3v) is 5.80. The van der Waals surface area contributed by atoms with E-state index in [0.29, 0.717) is 24.2 Å². The number of para-hydroxylation sites is 1. The first-order valence-corrected chi connectivity index (χ1v) is 11.1. The first-order valence-electron chi connectivity index (χ1n) is 11.1. The summed E-state index contributed by atoms with van der Waals surface area (Å²) in [6.07, 6.45) is 1.73. The van der Waals surface area contributed by atoms with Crippen molar-refractivity contribution in [3.05, 3.63) is 88.1 Å². The molecule has 7 heteroatoms. The van der Waals surface area contributed by atoms with Crippen molar-refractivity contribution in [3.8, 4) is 11.4 Å². The number of aryl methyl sites for hydroxylation is 2. The molecule has 1 amide bonds. The second-order valence-corrected chi connectivity index (χ2v) is 7.93. The summed E-state index contributed by atoms with van der Waals surface area (Å²) in [6, 6.07) is 17.5. The Balaban J connectivity index is 1.46. The van der Waals surface area contributed by atoms with Crippen LogP contribution < -0.4 is 15.6 Å². The van der Waals surface area contributed by atoms with Crippen LogP contribution in [0.4, 0.5) is 0 Å². The summed E-state index contributed by atoms with van der Waals surface area (Å²) in [5.74, 6) is 0.687. The number of fused-ring (bicyclic) bond motifs is 1. The van der Waals surface area contributed by atoms with Gasteiger partial charge in [0, 0.05) is 30.9 Å². The zero-order valence-electron chi connectivity index (χ0n) is 19.2. The van der Waals surface area contributed by atoms with Crippen molar-refractivity contribution in [3.63, 3.8) is 0 Å². The molecule has 0 saturated heterocycles. The van der Waals surface area contributed by atoms with E-state index in [1.807, 2.05) is 79.9 Å². The Labute approximate surface area is 192 Å². The highest BCUT2D eigenvalue weighted by atomic mass is 16.5. The van der Waals surface area contributed by atoms with E-state index in [1.54, 1.807) is 0 Å². The topological polar surface area (TPSA) is 78.2 Å². The fourth-order valence-electron chi connectivity index (χ4n) is 3.92. The molecule has 0 unspecified atom stereocenters. The van der Waals surface area contributed by atoms with Crippen LogP contribution in [-0.4, -0.2) is 26.6 Å². The fourth-order valence-corrected chi connectivity index (χ4v) is 3.92. The van der Waals surface area contributed by atoms with Crippen LogP contribution >= 0.6 is 0 Å². The summed E-state index contributed by atoms with van der Waals surface area (Å²) in [5, 5.41) is 3.50. The molecule has 0 aliphatic carbocycles. The van der Waals surface area contributed by atoms with Crippen molar-refractivity contribution >= 4 is 16.9 Å². The van der Waals surface area contributed by atoms with Gasteiger partial charge in [-0.25, -0.2) is 4.98 Å².